The quantitative estimate of drug-likeness (QED) is 0.831. The average Bonchev–Trinajstić information content (AvgIpc) is 2.39. The summed E-state index contributed by atoms with van der Waals surface area (Å²) in [6, 6.07) is 0.984. The third-order valence-corrected chi connectivity index (χ3v) is 3.42. The third kappa shape index (κ3) is 2.57. The van der Waals surface area contributed by atoms with Crippen LogP contribution < -0.4 is 5.32 Å². The van der Waals surface area contributed by atoms with Crippen molar-refractivity contribution in [3.63, 3.8) is 0 Å². The molecule has 1 fully saturated rings. The van der Waals surface area contributed by atoms with Gasteiger partial charge in [0.05, 0.1) is 11.7 Å². The number of likely N-dealkylation sites (N-methyl/N-ethyl adjacent to an activating group) is 1. The smallest absolute Gasteiger partial charge is 0.0755 e. The fourth-order valence-corrected chi connectivity index (χ4v) is 2.31. The van der Waals surface area contributed by atoms with E-state index in [2.05, 4.69) is 27.1 Å². The highest BCUT2D eigenvalue weighted by Gasteiger charge is 2.23. The maximum Gasteiger partial charge on any atom is 0.0755 e. The second-order valence-corrected chi connectivity index (χ2v) is 4.43. The van der Waals surface area contributed by atoms with Crippen molar-refractivity contribution in [2.24, 2.45) is 0 Å². The molecule has 88 valence electrons. The number of hydrogen-bond donors (Lipinski definition) is 1. The van der Waals surface area contributed by atoms with Crippen LogP contribution in [0, 0.1) is 0 Å². The number of hydrogen-bond acceptors (Lipinski definition) is 4. The van der Waals surface area contributed by atoms with Gasteiger partial charge >= 0.3 is 0 Å². The Balaban J connectivity index is 2.01. The lowest BCUT2D eigenvalue weighted by molar-refractivity contribution is 0.146. The Hall–Kier alpha value is -1.00. The number of likely N-dealkylation sites (tertiary alicyclic amines) is 1. The Kier molecular flexibility index (Phi) is 3.85. The van der Waals surface area contributed by atoms with Crippen molar-refractivity contribution in [3.8, 4) is 0 Å². The SMILES string of the molecule is CN[C@@H]1CCCN([C@@H](C)c2cnccn2)C1. The highest BCUT2D eigenvalue weighted by molar-refractivity contribution is 5.02. The van der Waals surface area contributed by atoms with E-state index in [-0.39, 0.29) is 0 Å². The van der Waals surface area contributed by atoms with Gasteiger partial charge < -0.3 is 5.32 Å². The zero-order valence-electron chi connectivity index (χ0n) is 10.1. The normalized spacial score (nSPS) is 24.2. The van der Waals surface area contributed by atoms with Crippen LogP contribution in [-0.2, 0) is 0 Å². The molecule has 0 spiro atoms. The van der Waals surface area contributed by atoms with Crippen molar-refractivity contribution < 1.29 is 0 Å². The van der Waals surface area contributed by atoms with Crippen LogP contribution in [0.1, 0.15) is 31.5 Å². The van der Waals surface area contributed by atoms with Gasteiger partial charge in [-0.3, -0.25) is 14.9 Å². The van der Waals surface area contributed by atoms with Gasteiger partial charge in [0.1, 0.15) is 0 Å². The predicted octanol–water partition coefficient (Wildman–Crippen LogP) is 1.22. The first-order chi connectivity index (χ1) is 7.81. The zero-order chi connectivity index (χ0) is 11.4. The van der Waals surface area contributed by atoms with Crippen LogP contribution >= 0.6 is 0 Å². The van der Waals surface area contributed by atoms with Gasteiger partial charge in [0.25, 0.3) is 0 Å². The maximum absolute atomic E-state index is 4.38. The van der Waals surface area contributed by atoms with Gasteiger partial charge in [0.2, 0.25) is 0 Å². The van der Waals surface area contributed by atoms with Gasteiger partial charge in [-0.1, -0.05) is 0 Å². The van der Waals surface area contributed by atoms with Gasteiger partial charge in [-0.2, -0.15) is 0 Å². The van der Waals surface area contributed by atoms with Crippen molar-refractivity contribution in [2.75, 3.05) is 20.1 Å². The molecule has 4 nitrogen and oxygen atoms in total. The minimum atomic E-state index is 0.366. The molecular weight excluding hydrogens is 200 g/mol. The van der Waals surface area contributed by atoms with E-state index in [4.69, 9.17) is 0 Å². The van der Waals surface area contributed by atoms with Gasteiger partial charge in [0.15, 0.2) is 0 Å². The molecule has 1 aliphatic rings. The second-order valence-electron chi connectivity index (χ2n) is 4.43. The summed E-state index contributed by atoms with van der Waals surface area (Å²) in [5.41, 5.74) is 1.07. The number of nitrogens with zero attached hydrogens (tertiary/aromatic N) is 3. The van der Waals surface area contributed by atoms with Crippen molar-refractivity contribution in [3.05, 3.63) is 24.3 Å². The van der Waals surface area contributed by atoms with E-state index in [1.807, 2.05) is 13.2 Å². The lowest BCUT2D eigenvalue weighted by atomic mass is 10.0. The van der Waals surface area contributed by atoms with E-state index >= 15 is 0 Å². The van der Waals surface area contributed by atoms with Gasteiger partial charge in [-0.05, 0) is 33.4 Å². The van der Waals surface area contributed by atoms with Gasteiger partial charge in [-0.25, -0.2) is 0 Å². The summed E-state index contributed by atoms with van der Waals surface area (Å²) in [4.78, 5) is 11.0. The molecule has 1 aromatic rings. The van der Waals surface area contributed by atoms with Crippen LogP contribution in [-0.4, -0.2) is 41.0 Å². The summed E-state index contributed by atoms with van der Waals surface area (Å²) < 4.78 is 0. The monoisotopic (exact) mass is 220 g/mol. The summed E-state index contributed by atoms with van der Waals surface area (Å²) in [6.07, 6.45) is 7.90. The minimum Gasteiger partial charge on any atom is -0.316 e. The van der Waals surface area contributed by atoms with E-state index < -0.39 is 0 Å². The van der Waals surface area contributed by atoms with Crippen molar-refractivity contribution in [2.45, 2.75) is 31.8 Å². The summed E-state index contributed by atoms with van der Waals surface area (Å²) >= 11 is 0. The number of piperidine rings is 1. The molecule has 0 radical (unpaired) electrons. The second kappa shape index (κ2) is 5.37. The minimum absolute atomic E-state index is 0.366. The Labute approximate surface area is 97.1 Å². The predicted molar refractivity (Wildman–Crippen MR) is 64.1 cm³/mol. The number of rotatable bonds is 3. The summed E-state index contributed by atoms with van der Waals surface area (Å²) in [5, 5.41) is 3.36. The van der Waals surface area contributed by atoms with Crippen molar-refractivity contribution >= 4 is 0 Å². The first kappa shape index (κ1) is 11.5. The van der Waals surface area contributed by atoms with E-state index in [9.17, 15) is 0 Å². The molecule has 0 saturated carbocycles. The standard InChI is InChI=1S/C12H20N4/c1-10(12-8-14-5-6-15-12)16-7-3-4-11(9-16)13-2/h5-6,8,10-11,13H,3-4,7,9H2,1-2H3/t10-,11+/m0/s1. The van der Waals surface area contributed by atoms with E-state index in [1.54, 1.807) is 12.4 Å². The van der Waals surface area contributed by atoms with E-state index in [1.165, 1.54) is 12.8 Å². The molecule has 4 heteroatoms. The van der Waals surface area contributed by atoms with Crippen LogP contribution in [0.3, 0.4) is 0 Å². The molecule has 0 aromatic carbocycles. The zero-order valence-corrected chi connectivity index (χ0v) is 10.1. The van der Waals surface area contributed by atoms with E-state index in [0.29, 0.717) is 12.1 Å². The lowest BCUT2D eigenvalue weighted by Gasteiger charge is -2.36. The van der Waals surface area contributed by atoms with Gasteiger partial charge in [0, 0.05) is 31.2 Å². The molecule has 0 aliphatic carbocycles. The summed E-state index contributed by atoms with van der Waals surface area (Å²) in [5.74, 6) is 0. The number of aromatic nitrogens is 2. The first-order valence-electron chi connectivity index (χ1n) is 5.98. The van der Waals surface area contributed by atoms with Crippen LogP contribution in [0.15, 0.2) is 18.6 Å². The lowest BCUT2D eigenvalue weighted by Crippen LogP contribution is -2.45. The van der Waals surface area contributed by atoms with Crippen molar-refractivity contribution in [1.82, 2.24) is 20.2 Å². The number of nitrogens with one attached hydrogen (secondary N) is 1. The third-order valence-electron chi connectivity index (χ3n) is 3.42. The first-order valence-corrected chi connectivity index (χ1v) is 5.98. The maximum atomic E-state index is 4.38. The van der Waals surface area contributed by atoms with Crippen molar-refractivity contribution in [1.29, 1.82) is 0 Å². The molecule has 0 amide bonds. The molecule has 1 saturated heterocycles. The van der Waals surface area contributed by atoms with E-state index in [0.717, 1.165) is 18.8 Å². The molecule has 2 atom stereocenters. The highest BCUT2D eigenvalue weighted by atomic mass is 15.2. The molecule has 16 heavy (non-hydrogen) atoms. The molecule has 2 rings (SSSR count). The Morgan fingerprint density at radius 1 is 1.50 bits per heavy atom. The van der Waals surface area contributed by atoms with Crippen LogP contribution in [0.5, 0.6) is 0 Å². The Bertz CT molecular complexity index is 314. The molecule has 0 bridgehead atoms. The average molecular weight is 220 g/mol. The van der Waals surface area contributed by atoms with Crippen LogP contribution in [0.25, 0.3) is 0 Å². The molecule has 0 unspecified atom stereocenters. The Morgan fingerprint density at radius 2 is 2.38 bits per heavy atom. The van der Waals surface area contributed by atoms with Crippen LogP contribution in [0.2, 0.25) is 0 Å². The highest BCUT2D eigenvalue weighted by Crippen LogP contribution is 2.21. The molecule has 1 aliphatic heterocycles. The van der Waals surface area contributed by atoms with Crippen LogP contribution in [0.4, 0.5) is 0 Å². The largest absolute Gasteiger partial charge is 0.316 e. The van der Waals surface area contributed by atoms with Gasteiger partial charge in [-0.15, -0.1) is 0 Å². The summed E-state index contributed by atoms with van der Waals surface area (Å²) in [6.45, 7) is 4.48. The molecule has 2 heterocycles. The topological polar surface area (TPSA) is 41.0 Å². The molecule has 1 N–H and O–H groups in total. The Morgan fingerprint density at radius 3 is 3.06 bits per heavy atom. The fourth-order valence-electron chi connectivity index (χ4n) is 2.31. The molecular formula is C12H20N4. The molecule has 1 aromatic heterocycles. The summed E-state index contributed by atoms with van der Waals surface area (Å²) in [7, 11) is 2.04. The fraction of sp³-hybridized carbons (Fsp3) is 0.667.